The van der Waals surface area contributed by atoms with Gasteiger partial charge in [0.25, 0.3) is 0 Å². The number of carbonyl (C=O) groups is 1. The molecule has 0 radical (unpaired) electrons. The van der Waals surface area contributed by atoms with Gasteiger partial charge in [-0.15, -0.1) is 0 Å². The first-order valence-electron chi connectivity index (χ1n) is 1.53. The third-order valence-electron chi connectivity index (χ3n) is 0.365. The summed E-state index contributed by atoms with van der Waals surface area (Å²) in [5.74, 6) is -0.935. The monoisotopic (exact) mass is 220 g/mol. The second-order valence-corrected chi connectivity index (χ2v) is 1.09. The Bertz CT molecular complexity index is 75.7. The summed E-state index contributed by atoms with van der Waals surface area (Å²) in [5.41, 5.74) is 0.176. The number of carboxylic acids is 1. The molecule has 0 aliphatic carbocycles. The fraction of sp³-hybridized carbons (Fsp3) is 0.250. The molecular weight excluding hydrogens is 213 g/mol. The van der Waals surface area contributed by atoms with E-state index >= 15 is 0 Å². The molecule has 0 atom stereocenters. The van der Waals surface area contributed by atoms with Gasteiger partial charge in [-0.1, -0.05) is 6.58 Å². The zero-order chi connectivity index (χ0) is 5.15. The summed E-state index contributed by atoms with van der Waals surface area (Å²) < 4.78 is 0. The van der Waals surface area contributed by atoms with Crippen LogP contribution in [-0.2, 0) is 4.79 Å². The van der Waals surface area contributed by atoms with E-state index in [2.05, 4.69) is 6.58 Å². The Morgan fingerprint density at radius 3 is 1.86 bits per heavy atom. The van der Waals surface area contributed by atoms with Gasteiger partial charge in [-0.05, 0) is 6.92 Å². The standard InChI is InChI=1S/C4H6O2.Cs.H/c1-3(2)4(5)6;;/h1H2,2H3,(H,5,6);;. The Labute approximate surface area is 101 Å². The molecule has 0 aromatic rings. The topological polar surface area (TPSA) is 37.3 Å². The Morgan fingerprint density at radius 1 is 1.71 bits per heavy atom. The van der Waals surface area contributed by atoms with Crippen molar-refractivity contribution in [3.05, 3.63) is 12.2 Å². The normalized spacial score (nSPS) is 6.43. The van der Waals surface area contributed by atoms with Crippen molar-refractivity contribution in [3.63, 3.8) is 0 Å². The van der Waals surface area contributed by atoms with E-state index in [0.717, 1.165) is 0 Å². The van der Waals surface area contributed by atoms with Gasteiger partial charge in [-0.2, -0.15) is 0 Å². The van der Waals surface area contributed by atoms with Gasteiger partial charge >= 0.3 is 74.9 Å². The van der Waals surface area contributed by atoms with E-state index in [1.807, 2.05) is 0 Å². The first-order chi connectivity index (χ1) is 2.64. The van der Waals surface area contributed by atoms with Gasteiger partial charge < -0.3 is 5.11 Å². The van der Waals surface area contributed by atoms with Crippen LogP contribution in [0, 0.1) is 0 Å². The van der Waals surface area contributed by atoms with Gasteiger partial charge in [0.1, 0.15) is 0 Å². The summed E-state index contributed by atoms with van der Waals surface area (Å²) in [6, 6.07) is 0. The average molecular weight is 220 g/mol. The van der Waals surface area contributed by atoms with E-state index in [1.54, 1.807) is 0 Å². The molecule has 0 saturated heterocycles. The molecule has 0 spiro atoms. The van der Waals surface area contributed by atoms with Gasteiger partial charge in [0.2, 0.25) is 0 Å². The molecule has 0 rings (SSSR count). The van der Waals surface area contributed by atoms with E-state index in [0.29, 0.717) is 0 Å². The molecule has 0 bridgehead atoms. The van der Waals surface area contributed by atoms with Crippen LogP contribution in [0.5, 0.6) is 0 Å². The van der Waals surface area contributed by atoms with Crippen LogP contribution >= 0.6 is 0 Å². The minimum absolute atomic E-state index is 0. The molecule has 0 aromatic heterocycles. The van der Waals surface area contributed by atoms with Gasteiger partial charge in [0, 0.05) is 5.57 Å². The molecule has 7 heavy (non-hydrogen) atoms. The summed E-state index contributed by atoms with van der Waals surface area (Å²) >= 11 is 0. The molecule has 2 nitrogen and oxygen atoms in total. The number of hydrogen-bond donors (Lipinski definition) is 1. The van der Waals surface area contributed by atoms with Gasteiger partial charge in [0.05, 0.1) is 0 Å². The Hall–Kier alpha value is 1.26. The zero-order valence-corrected chi connectivity index (χ0v) is 3.56. The molecule has 0 amide bonds. The summed E-state index contributed by atoms with van der Waals surface area (Å²) in [4.78, 5) is 9.60. The molecule has 0 heterocycles. The molecule has 0 aliphatic rings. The number of rotatable bonds is 1. The van der Waals surface area contributed by atoms with E-state index in [9.17, 15) is 4.79 Å². The molecule has 36 valence electrons. The van der Waals surface area contributed by atoms with E-state index in [1.165, 1.54) is 6.92 Å². The van der Waals surface area contributed by atoms with Crippen LogP contribution in [0.4, 0.5) is 0 Å². The quantitative estimate of drug-likeness (QED) is 0.631. The third-order valence-corrected chi connectivity index (χ3v) is 0.365. The maximum absolute atomic E-state index is 9.60. The fourth-order valence-corrected chi connectivity index (χ4v) is 0. The Kier molecular flexibility index (Phi) is 8.57. The number of aliphatic carboxylic acids is 1. The van der Waals surface area contributed by atoms with Crippen molar-refractivity contribution < 1.29 is 9.90 Å². The Balaban J connectivity index is 0. The van der Waals surface area contributed by atoms with Crippen LogP contribution in [-0.4, -0.2) is 80.0 Å². The second-order valence-electron chi connectivity index (χ2n) is 1.09. The van der Waals surface area contributed by atoms with Crippen molar-refractivity contribution in [1.29, 1.82) is 0 Å². The summed E-state index contributed by atoms with van der Waals surface area (Å²) in [6.07, 6.45) is 0. The molecule has 0 aromatic carbocycles. The minimum atomic E-state index is -0.935. The second kappa shape index (κ2) is 5.40. The van der Waals surface area contributed by atoms with Crippen molar-refractivity contribution in [3.8, 4) is 0 Å². The van der Waals surface area contributed by atoms with E-state index in [4.69, 9.17) is 5.11 Å². The molecule has 0 saturated carbocycles. The first kappa shape index (κ1) is 11.1. The van der Waals surface area contributed by atoms with Crippen molar-refractivity contribution in [2.75, 3.05) is 0 Å². The van der Waals surface area contributed by atoms with E-state index < -0.39 is 5.97 Å². The molecular formula is C4H7CsO2. The van der Waals surface area contributed by atoms with Crippen LogP contribution in [0.1, 0.15) is 6.92 Å². The van der Waals surface area contributed by atoms with Crippen LogP contribution in [0.2, 0.25) is 0 Å². The van der Waals surface area contributed by atoms with Gasteiger partial charge in [-0.25, -0.2) is 4.79 Å². The summed E-state index contributed by atoms with van der Waals surface area (Å²) in [5, 5.41) is 7.89. The average Bonchev–Trinajstić information content (AvgIpc) is 1.36. The first-order valence-corrected chi connectivity index (χ1v) is 1.53. The fourth-order valence-electron chi connectivity index (χ4n) is 0. The predicted octanol–water partition coefficient (Wildman–Crippen LogP) is -0.00140. The third kappa shape index (κ3) is 7.26. The summed E-state index contributed by atoms with van der Waals surface area (Å²) in [7, 11) is 0. The molecule has 3 heteroatoms. The summed E-state index contributed by atoms with van der Waals surface area (Å²) in [6.45, 7) is 4.60. The zero-order valence-electron chi connectivity index (χ0n) is 3.56. The van der Waals surface area contributed by atoms with Crippen molar-refractivity contribution >= 4 is 74.9 Å². The van der Waals surface area contributed by atoms with Gasteiger partial charge in [-0.3, -0.25) is 0 Å². The van der Waals surface area contributed by atoms with Crippen LogP contribution in [0.3, 0.4) is 0 Å². The number of carboxylic acid groups (broad SMARTS) is 1. The van der Waals surface area contributed by atoms with Crippen molar-refractivity contribution in [2.24, 2.45) is 0 Å². The van der Waals surface area contributed by atoms with Crippen molar-refractivity contribution in [1.82, 2.24) is 0 Å². The molecule has 0 aliphatic heterocycles. The predicted molar refractivity (Wildman–Crippen MR) is 29.6 cm³/mol. The Morgan fingerprint density at radius 2 is 1.86 bits per heavy atom. The van der Waals surface area contributed by atoms with Crippen LogP contribution in [0.15, 0.2) is 12.2 Å². The van der Waals surface area contributed by atoms with Gasteiger partial charge in [0.15, 0.2) is 0 Å². The van der Waals surface area contributed by atoms with E-state index in [-0.39, 0.29) is 74.5 Å². The maximum atomic E-state index is 9.60. The molecule has 1 N–H and O–H groups in total. The van der Waals surface area contributed by atoms with Crippen LogP contribution < -0.4 is 0 Å². The molecule has 0 unspecified atom stereocenters. The number of hydrogen-bond acceptors (Lipinski definition) is 1. The molecule has 0 fully saturated rings. The SMILES string of the molecule is C=C(C)C(=O)O.[CsH]. The van der Waals surface area contributed by atoms with Crippen LogP contribution in [0.25, 0.3) is 0 Å². The van der Waals surface area contributed by atoms with Crippen molar-refractivity contribution in [2.45, 2.75) is 6.92 Å².